The molecule has 0 aliphatic heterocycles. The molecular weight excluding hydrogens is 801 g/mol. The Bertz CT molecular complexity index is 1440. The average molecular weight is 897 g/mol. The van der Waals surface area contributed by atoms with Crippen LogP contribution in [-0.2, 0) is 0 Å². The summed E-state index contributed by atoms with van der Waals surface area (Å²) in [5.74, 6) is 3.76. The molecule has 0 saturated heterocycles. The first-order chi connectivity index (χ1) is 30.1. The highest BCUT2D eigenvalue weighted by Gasteiger charge is 2.52. The lowest BCUT2D eigenvalue weighted by molar-refractivity contribution is -0.0166. The van der Waals surface area contributed by atoms with Gasteiger partial charge in [0.25, 0.3) is 0 Å². The van der Waals surface area contributed by atoms with E-state index in [1.165, 1.54) is 77.0 Å². The second-order valence-corrected chi connectivity index (χ2v) is 24.1. The molecule has 6 unspecified atom stereocenters. The lowest BCUT2D eigenvalue weighted by Crippen LogP contribution is -2.37. The number of fused-ring (bicyclic) bond motifs is 2. The molecule has 6 rings (SSSR count). The molecule has 0 aromatic rings. The van der Waals surface area contributed by atoms with Crippen LogP contribution >= 0.6 is 0 Å². The van der Waals surface area contributed by atoms with E-state index in [4.69, 9.17) is 0 Å². The van der Waals surface area contributed by atoms with Gasteiger partial charge in [-0.2, -0.15) is 0 Å². The maximum absolute atomic E-state index is 10.4. The molecule has 0 aromatic heterocycles. The fraction of sp³-hybridized carbons (Fsp3) is 0.857. The zero-order valence-corrected chi connectivity index (χ0v) is 41.8. The van der Waals surface area contributed by atoms with Crippen LogP contribution in [0.5, 0.6) is 0 Å². The summed E-state index contributed by atoms with van der Waals surface area (Å²) in [5, 5.41) is 80.2. The maximum atomic E-state index is 10.4. The van der Waals surface area contributed by atoms with Crippen molar-refractivity contribution in [3.63, 3.8) is 0 Å². The van der Waals surface area contributed by atoms with Gasteiger partial charge in [0.2, 0.25) is 0 Å². The van der Waals surface area contributed by atoms with Crippen molar-refractivity contribution in [2.75, 3.05) is 13.2 Å². The van der Waals surface area contributed by atoms with E-state index in [-0.39, 0.29) is 25.0 Å². The molecule has 0 amide bonds. The molecule has 0 radical (unpaired) electrons. The second-order valence-electron chi connectivity index (χ2n) is 24.1. The minimum atomic E-state index is -0.562. The van der Waals surface area contributed by atoms with E-state index < -0.39 is 35.6 Å². The summed E-state index contributed by atoms with van der Waals surface area (Å²) in [4.78, 5) is 0. The van der Waals surface area contributed by atoms with Crippen molar-refractivity contribution >= 4 is 0 Å². The topological polar surface area (TPSA) is 162 Å². The first-order valence-corrected chi connectivity index (χ1v) is 26.3. The first-order valence-electron chi connectivity index (χ1n) is 26.3. The number of allylic oxidation sites excluding steroid dienone is 6. The molecule has 0 aromatic carbocycles. The summed E-state index contributed by atoms with van der Waals surface area (Å²) in [6.07, 6.45) is 29.1. The van der Waals surface area contributed by atoms with Crippen LogP contribution in [0.1, 0.15) is 197 Å². The summed E-state index contributed by atoms with van der Waals surface area (Å²) < 4.78 is 0. The fourth-order valence-corrected chi connectivity index (χ4v) is 14.7. The van der Waals surface area contributed by atoms with E-state index in [1.807, 2.05) is 27.7 Å². The van der Waals surface area contributed by atoms with Gasteiger partial charge in [-0.25, -0.2) is 0 Å². The Morgan fingerprint density at radius 3 is 1.22 bits per heavy atom. The zero-order chi connectivity index (χ0) is 47.0. The van der Waals surface area contributed by atoms with Gasteiger partial charge in [-0.3, -0.25) is 0 Å². The molecular formula is C56H96O8. The Morgan fingerprint density at radius 1 is 0.562 bits per heavy atom. The maximum Gasteiger partial charge on any atom is 0.0631 e. The lowest BCUT2D eigenvalue weighted by Gasteiger charge is -2.44. The van der Waals surface area contributed by atoms with Crippen molar-refractivity contribution in [1.82, 2.24) is 0 Å². The molecule has 0 bridgehead atoms. The van der Waals surface area contributed by atoms with E-state index in [9.17, 15) is 40.9 Å². The summed E-state index contributed by atoms with van der Waals surface area (Å²) in [5.41, 5.74) is 5.02. The molecule has 8 nitrogen and oxygen atoms in total. The smallest absolute Gasteiger partial charge is 0.0631 e. The highest BCUT2D eigenvalue weighted by atomic mass is 16.3. The number of rotatable bonds is 16. The van der Waals surface area contributed by atoms with Crippen molar-refractivity contribution in [1.29, 1.82) is 0 Å². The quantitative estimate of drug-likeness (QED) is 0.0760. The Balaban J connectivity index is 0.000000241. The third-order valence-electron chi connectivity index (χ3n) is 18.2. The van der Waals surface area contributed by atoms with Crippen LogP contribution in [0.15, 0.2) is 46.6 Å². The standard InChI is InChI=1S/2C28H48O4/c2*1-19(7-5-14-27(2,3)32)23-11-12-24-21(8-6-15-28(23,24)4)10-9-20-17-25(30)22(13-16-29)26(31)18-20/h2*9-10,19,22-26,29-32H,5-8,11-18H2,1-4H3/b2*20-9?,21-10+/t2*19-,22?,23?,24?,25+,26+,28?/m00/s1. The van der Waals surface area contributed by atoms with Crippen LogP contribution in [0.3, 0.4) is 0 Å². The Labute approximate surface area is 389 Å². The molecule has 8 heteroatoms. The average Bonchev–Trinajstić information content (AvgIpc) is 3.75. The van der Waals surface area contributed by atoms with E-state index in [0.29, 0.717) is 73.0 Å². The van der Waals surface area contributed by atoms with Gasteiger partial charge >= 0.3 is 0 Å². The van der Waals surface area contributed by atoms with Gasteiger partial charge in [0.15, 0.2) is 0 Å². The van der Waals surface area contributed by atoms with Gasteiger partial charge in [0.05, 0.1) is 35.6 Å². The minimum absolute atomic E-state index is 0.0134. The van der Waals surface area contributed by atoms with Crippen LogP contribution in [-0.4, -0.2) is 89.7 Å². The monoisotopic (exact) mass is 897 g/mol. The van der Waals surface area contributed by atoms with Gasteiger partial charge in [0, 0.05) is 25.0 Å². The fourth-order valence-electron chi connectivity index (χ4n) is 14.7. The number of hydrogen-bond acceptors (Lipinski definition) is 8. The van der Waals surface area contributed by atoms with Gasteiger partial charge in [0.1, 0.15) is 0 Å². The van der Waals surface area contributed by atoms with Crippen molar-refractivity contribution in [2.24, 2.45) is 58.2 Å². The largest absolute Gasteiger partial charge is 0.396 e. The van der Waals surface area contributed by atoms with Crippen LogP contribution in [0.4, 0.5) is 0 Å². The first kappa shape index (κ1) is 53.6. The van der Waals surface area contributed by atoms with Crippen molar-refractivity contribution in [3.05, 3.63) is 46.6 Å². The van der Waals surface area contributed by atoms with Crippen molar-refractivity contribution in [3.8, 4) is 0 Å². The van der Waals surface area contributed by atoms with E-state index in [0.717, 1.165) is 48.7 Å². The Morgan fingerprint density at radius 2 is 0.906 bits per heavy atom. The summed E-state index contributed by atoms with van der Waals surface area (Å²) in [6, 6.07) is 0. The molecule has 6 aliphatic rings. The predicted molar refractivity (Wildman–Crippen MR) is 260 cm³/mol. The van der Waals surface area contributed by atoms with E-state index in [2.05, 4.69) is 52.0 Å². The highest BCUT2D eigenvalue weighted by molar-refractivity contribution is 5.28. The summed E-state index contributed by atoms with van der Waals surface area (Å²) >= 11 is 0. The highest BCUT2D eigenvalue weighted by Crippen LogP contribution is 2.61. The summed E-state index contributed by atoms with van der Waals surface area (Å²) in [7, 11) is 0. The van der Waals surface area contributed by atoms with Crippen LogP contribution < -0.4 is 0 Å². The Kier molecular flexibility index (Phi) is 19.5. The number of aliphatic hydroxyl groups excluding tert-OH is 6. The molecule has 6 saturated carbocycles. The minimum Gasteiger partial charge on any atom is -0.396 e. The number of aliphatic hydroxyl groups is 8. The molecule has 368 valence electrons. The molecule has 8 N–H and O–H groups in total. The zero-order valence-electron chi connectivity index (χ0n) is 41.8. The van der Waals surface area contributed by atoms with Gasteiger partial charge in [-0.05, 0) is 190 Å². The third-order valence-corrected chi connectivity index (χ3v) is 18.2. The normalized spacial score (nSPS) is 38.1. The molecule has 64 heavy (non-hydrogen) atoms. The van der Waals surface area contributed by atoms with E-state index in [1.54, 1.807) is 11.1 Å². The number of hydrogen-bond donors (Lipinski definition) is 8. The molecule has 0 spiro atoms. The third kappa shape index (κ3) is 13.9. The summed E-state index contributed by atoms with van der Waals surface area (Å²) in [6.45, 7) is 17.6. The Hall–Kier alpha value is -1.36. The molecule has 6 fully saturated rings. The van der Waals surface area contributed by atoms with Crippen molar-refractivity contribution < 1.29 is 40.9 Å². The van der Waals surface area contributed by atoms with Crippen molar-refractivity contribution in [2.45, 2.75) is 232 Å². The second kappa shape index (κ2) is 23.3. The van der Waals surface area contributed by atoms with Gasteiger partial charge in [-0.15, -0.1) is 0 Å². The van der Waals surface area contributed by atoms with Crippen LogP contribution in [0.2, 0.25) is 0 Å². The predicted octanol–water partition coefficient (Wildman–Crippen LogP) is 10.3. The van der Waals surface area contributed by atoms with E-state index >= 15 is 0 Å². The van der Waals surface area contributed by atoms with Crippen LogP contribution in [0, 0.1) is 58.2 Å². The lowest BCUT2D eigenvalue weighted by atomic mass is 9.60. The SMILES string of the molecule is C[C@@H](CCCC(C)(C)O)C1CCC2/C(=C/C=C3C[C@@H](O)C(CCO)[C@H](O)C3)CCCC21C.C[C@@H](CCCC(C)(C)O)C1CCC2/C(=C/C=C3C[C@@H](O)C(CCO)[C@H](O)C3)CCCC21C. The van der Waals surface area contributed by atoms with Gasteiger partial charge < -0.3 is 40.9 Å². The molecule has 0 heterocycles. The molecule has 6 aliphatic carbocycles. The van der Waals surface area contributed by atoms with Gasteiger partial charge in [-0.1, -0.05) is 100.0 Å². The van der Waals surface area contributed by atoms with Crippen LogP contribution in [0.25, 0.3) is 0 Å². The molecule has 12 atom stereocenters.